The van der Waals surface area contributed by atoms with Gasteiger partial charge >= 0.3 is 5.97 Å². The third kappa shape index (κ3) is 2.63. The van der Waals surface area contributed by atoms with Crippen LogP contribution in [0.25, 0.3) is 0 Å². The first-order valence-corrected chi connectivity index (χ1v) is 5.91. The monoisotopic (exact) mass is 239 g/mol. The molecule has 0 amide bonds. The van der Waals surface area contributed by atoms with Crippen molar-refractivity contribution in [3.8, 4) is 0 Å². The van der Waals surface area contributed by atoms with Crippen LogP contribution in [0, 0.1) is 0 Å². The molecule has 0 aromatic carbocycles. The standard InChI is InChI=1S/C11H17N3O3/c1-2-16-9(15)5-4-8-13-10(14-17-8)11(12)6-3-7-11/h2-7,12H2,1H3. The second-order valence-corrected chi connectivity index (χ2v) is 4.33. The molecule has 2 N–H and O–H groups in total. The number of aryl methyl sites for hydroxylation is 1. The number of carbonyl (C=O) groups excluding carboxylic acids is 1. The van der Waals surface area contributed by atoms with E-state index in [1.807, 2.05) is 0 Å². The van der Waals surface area contributed by atoms with Crippen molar-refractivity contribution >= 4 is 5.97 Å². The summed E-state index contributed by atoms with van der Waals surface area (Å²) in [6, 6.07) is 0. The fourth-order valence-electron chi connectivity index (χ4n) is 1.78. The van der Waals surface area contributed by atoms with Crippen molar-refractivity contribution in [2.24, 2.45) is 5.73 Å². The van der Waals surface area contributed by atoms with Gasteiger partial charge in [-0.1, -0.05) is 5.16 Å². The molecule has 0 radical (unpaired) electrons. The molecule has 1 heterocycles. The Balaban J connectivity index is 1.88. The highest BCUT2D eigenvalue weighted by molar-refractivity contribution is 5.69. The maximum Gasteiger partial charge on any atom is 0.306 e. The highest BCUT2D eigenvalue weighted by Gasteiger charge is 2.38. The molecule has 0 atom stereocenters. The minimum Gasteiger partial charge on any atom is -0.466 e. The van der Waals surface area contributed by atoms with E-state index in [0.717, 1.165) is 19.3 Å². The lowest BCUT2D eigenvalue weighted by Crippen LogP contribution is -2.44. The van der Waals surface area contributed by atoms with E-state index in [1.54, 1.807) is 6.92 Å². The van der Waals surface area contributed by atoms with Crippen LogP contribution in [-0.2, 0) is 21.5 Å². The van der Waals surface area contributed by atoms with Gasteiger partial charge in [0.15, 0.2) is 5.82 Å². The maximum atomic E-state index is 11.2. The first-order valence-electron chi connectivity index (χ1n) is 5.91. The Morgan fingerprint density at radius 3 is 2.94 bits per heavy atom. The topological polar surface area (TPSA) is 91.2 Å². The molecule has 0 unspecified atom stereocenters. The molecule has 1 aromatic heterocycles. The summed E-state index contributed by atoms with van der Waals surface area (Å²) < 4.78 is 9.88. The summed E-state index contributed by atoms with van der Waals surface area (Å²) in [4.78, 5) is 15.4. The van der Waals surface area contributed by atoms with E-state index in [4.69, 9.17) is 15.0 Å². The molecule has 2 rings (SSSR count). The normalized spacial score (nSPS) is 17.5. The molecule has 0 saturated heterocycles. The van der Waals surface area contributed by atoms with Crippen LogP contribution in [0.15, 0.2) is 4.52 Å². The zero-order valence-corrected chi connectivity index (χ0v) is 9.94. The number of aromatic nitrogens is 2. The lowest BCUT2D eigenvalue weighted by molar-refractivity contribution is -0.143. The molecule has 1 saturated carbocycles. The summed E-state index contributed by atoms with van der Waals surface area (Å²) in [7, 11) is 0. The number of nitrogens with two attached hydrogens (primary N) is 1. The van der Waals surface area contributed by atoms with E-state index in [1.165, 1.54) is 0 Å². The molecule has 6 nitrogen and oxygen atoms in total. The SMILES string of the molecule is CCOC(=O)CCc1nc(C2(N)CCC2)no1. The van der Waals surface area contributed by atoms with Crippen molar-refractivity contribution in [2.45, 2.75) is 44.6 Å². The van der Waals surface area contributed by atoms with Gasteiger partial charge in [-0.2, -0.15) is 4.98 Å². The number of esters is 1. The molecule has 17 heavy (non-hydrogen) atoms. The second kappa shape index (κ2) is 4.83. The predicted octanol–water partition coefficient (Wildman–Crippen LogP) is 0.903. The first-order chi connectivity index (χ1) is 8.14. The number of hydrogen-bond acceptors (Lipinski definition) is 6. The molecule has 1 aliphatic rings. The third-order valence-corrected chi connectivity index (χ3v) is 3.01. The molecule has 0 bridgehead atoms. The van der Waals surface area contributed by atoms with E-state index >= 15 is 0 Å². The third-order valence-electron chi connectivity index (χ3n) is 3.01. The van der Waals surface area contributed by atoms with Crippen LogP contribution < -0.4 is 5.73 Å². The maximum absolute atomic E-state index is 11.2. The van der Waals surface area contributed by atoms with Gasteiger partial charge in [0.1, 0.15) is 0 Å². The Hall–Kier alpha value is -1.43. The smallest absolute Gasteiger partial charge is 0.306 e. The van der Waals surface area contributed by atoms with Crippen LogP contribution in [0.5, 0.6) is 0 Å². The quantitative estimate of drug-likeness (QED) is 0.768. The molecule has 0 aliphatic heterocycles. The molecule has 1 fully saturated rings. The van der Waals surface area contributed by atoms with Crippen molar-refractivity contribution in [1.29, 1.82) is 0 Å². The highest BCUT2D eigenvalue weighted by atomic mass is 16.5. The summed E-state index contributed by atoms with van der Waals surface area (Å²) in [5.74, 6) is 0.755. The number of hydrogen-bond donors (Lipinski definition) is 1. The summed E-state index contributed by atoms with van der Waals surface area (Å²) in [5.41, 5.74) is 5.65. The minimum atomic E-state index is -0.411. The van der Waals surface area contributed by atoms with Crippen molar-refractivity contribution in [3.05, 3.63) is 11.7 Å². The number of ether oxygens (including phenoxy) is 1. The largest absolute Gasteiger partial charge is 0.466 e. The average molecular weight is 239 g/mol. The highest BCUT2D eigenvalue weighted by Crippen LogP contribution is 2.36. The van der Waals surface area contributed by atoms with E-state index in [2.05, 4.69) is 10.1 Å². The zero-order valence-electron chi connectivity index (χ0n) is 9.94. The lowest BCUT2D eigenvalue weighted by atomic mass is 9.77. The molecule has 1 aromatic rings. The second-order valence-electron chi connectivity index (χ2n) is 4.33. The van der Waals surface area contributed by atoms with Gasteiger partial charge in [0.05, 0.1) is 18.6 Å². The summed E-state index contributed by atoms with van der Waals surface area (Å²) in [6.07, 6.45) is 3.55. The number of carbonyl (C=O) groups is 1. The number of nitrogens with zero attached hydrogens (tertiary/aromatic N) is 2. The van der Waals surface area contributed by atoms with E-state index in [0.29, 0.717) is 24.7 Å². The summed E-state index contributed by atoms with van der Waals surface area (Å²) in [6.45, 7) is 2.16. The van der Waals surface area contributed by atoms with Gasteiger partial charge in [0.2, 0.25) is 5.89 Å². The van der Waals surface area contributed by atoms with Crippen molar-refractivity contribution < 1.29 is 14.1 Å². The fourth-order valence-corrected chi connectivity index (χ4v) is 1.78. The molecular weight excluding hydrogens is 222 g/mol. The Morgan fingerprint density at radius 2 is 2.35 bits per heavy atom. The van der Waals surface area contributed by atoms with Crippen LogP contribution in [0.1, 0.15) is 44.3 Å². The molecule has 94 valence electrons. The van der Waals surface area contributed by atoms with Crippen LogP contribution in [-0.4, -0.2) is 22.7 Å². The van der Waals surface area contributed by atoms with Crippen LogP contribution in [0.2, 0.25) is 0 Å². The summed E-state index contributed by atoms with van der Waals surface area (Å²) in [5, 5.41) is 3.87. The Bertz CT molecular complexity index is 398. The number of rotatable bonds is 5. The van der Waals surface area contributed by atoms with Crippen molar-refractivity contribution in [1.82, 2.24) is 10.1 Å². The van der Waals surface area contributed by atoms with Gasteiger partial charge < -0.3 is 15.0 Å². The minimum absolute atomic E-state index is 0.252. The fraction of sp³-hybridized carbons (Fsp3) is 0.727. The Labute approximate surface area is 99.5 Å². The zero-order chi connectivity index (χ0) is 12.3. The Morgan fingerprint density at radius 1 is 1.59 bits per heavy atom. The van der Waals surface area contributed by atoms with Crippen LogP contribution >= 0.6 is 0 Å². The lowest BCUT2D eigenvalue weighted by Gasteiger charge is -2.34. The predicted molar refractivity (Wildman–Crippen MR) is 59.0 cm³/mol. The van der Waals surface area contributed by atoms with Crippen molar-refractivity contribution in [3.63, 3.8) is 0 Å². The van der Waals surface area contributed by atoms with Crippen molar-refractivity contribution in [2.75, 3.05) is 6.61 Å². The van der Waals surface area contributed by atoms with Gasteiger partial charge in [0.25, 0.3) is 0 Å². The van der Waals surface area contributed by atoms with Gasteiger partial charge in [-0.05, 0) is 26.2 Å². The first kappa shape index (κ1) is 12.0. The molecule has 0 spiro atoms. The van der Waals surface area contributed by atoms with E-state index in [9.17, 15) is 4.79 Å². The van der Waals surface area contributed by atoms with Crippen LogP contribution in [0.3, 0.4) is 0 Å². The van der Waals surface area contributed by atoms with Gasteiger partial charge in [-0.3, -0.25) is 4.79 Å². The molecule has 6 heteroatoms. The molecular formula is C11H17N3O3. The van der Waals surface area contributed by atoms with E-state index < -0.39 is 5.54 Å². The molecule has 1 aliphatic carbocycles. The van der Waals surface area contributed by atoms with Gasteiger partial charge in [0, 0.05) is 6.42 Å². The summed E-state index contributed by atoms with van der Waals surface area (Å²) >= 11 is 0. The van der Waals surface area contributed by atoms with Gasteiger partial charge in [-0.25, -0.2) is 0 Å². The van der Waals surface area contributed by atoms with Crippen LogP contribution in [0.4, 0.5) is 0 Å². The Kier molecular flexibility index (Phi) is 3.42. The van der Waals surface area contributed by atoms with Gasteiger partial charge in [-0.15, -0.1) is 0 Å². The van der Waals surface area contributed by atoms with E-state index in [-0.39, 0.29) is 12.4 Å². The average Bonchev–Trinajstić information content (AvgIpc) is 2.72.